The molecule has 0 aliphatic rings. The lowest BCUT2D eigenvalue weighted by molar-refractivity contribution is -0.128. The van der Waals surface area contributed by atoms with Crippen LogP contribution in [0.25, 0.3) is 11.0 Å². The molecular weight excluding hydrogens is 364 g/mol. The maximum absolute atomic E-state index is 11.5. The van der Waals surface area contributed by atoms with Crippen molar-refractivity contribution in [2.75, 3.05) is 24.7 Å². The Kier molecular flexibility index (Phi) is 5.74. The van der Waals surface area contributed by atoms with Gasteiger partial charge in [0.1, 0.15) is 17.4 Å². The molecule has 3 rings (SSSR count). The molecule has 1 unspecified atom stereocenters. The highest BCUT2D eigenvalue weighted by Gasteiger charge is 2.17. The van der Waals surface area contributed by atoms with Gasteiger partial charge in [0.15, 0.2) is 5.82 Å². The van der Waals surface area contributed by atoms with Gasteiger partial charge in [0.2, 0.25) is 5.91 Å². The molecule has 0 bridgehead atoms. The molecule has 7 nitrogen and oxygen atoms in total. The van der Waals surface area contributed by atoms with E-state index < -0.39 is 0 Å². The number of anilines is 2. The third kappa shape index (κ3) is 4.02. The average Bonchev–Trinajstić information content (AvgIpc) is 3.09. The maximum Gasteiger partial charge on any atom is 0.219 e. The molecule has 0 radical (unpaired) electrons. The van der Waals surface area contributed by atoms with Gasteiger partial charge in [-0.3, -0.25) is 4.79 Å². The summed E-state index contributed by atoms with van der Waals surface area (Å²) in [6, 6.07) is 7.58. The molecule has 1 amide bonds. The van der Waals surface area contributed by atoms with Gasteiger partial charge in [0.25, 0.3) is 0 Å². The topological polar surface area (TPSA) is 75.1 Å². The Morgan fingerprint density at radius 3 is 2.79 bits per heavy atom. The first-order chi connectivity index (χ1) is 13.8. The molecule has 1 aromatic carbocycles. The van der Waals surface area contributed by atoms with E-state index in [4.69, 9.17) is 11.4 Å². The van der Waals surface area contributed by atoms with Crippen LogP contribution in [0.4, 0.5) is 11.6 Å². The van der Waals surface area contributed by atoms with Crippen LogP contribution in [0.5, 0.6) is 0 Å². The highest BCUT2D eigenvalue weighted by Crippen LogP contribution is 2.30. The third-order valence-corrected chi connectivity index (χ3v) is 5.02. The summed E-state index contributed by atoms with van der Waals surface area (Å²) in [4.78, 5) is 22.3. The van der Waals surface area contributed by atoms with Crippen LogP contribution in [0.2, 0.25) is 0 Å². The summed E-state index contributed by atoms with van der Waals surface area (Å²) in [6.07, 6.45) is 7.63. The quantitative estimate of drug-likeness (QED) is 0.633. The minimum Gasteiger partial charge on any atom is -0.371 e. The highest BCUT2D eigenvalue weighted by molar-refractivity contribution is 5.91. The molecule has 29 heavy (non-hydrogen) atoms. The number of terminal acetylenes is 1. The molecule has 0 aliphatic carbocycles. The van der Waals surface area contributed by atoms with Gasteiger partial charge < -0.3 is 20.1 Å². The third-order valence-electron chi connectivity index (χ3n) is 5.02. The molecule has 0 saturated heterocycles. The Bertz CT molecular complexity index is 1090. The lowest BCUT2D eigenvalue weighted by Crippen LogP contribution is -2.23. The number of aryl methyl sites for hydroxylation is 2. The second kappa shape index (κ2) is 8.23. The molecule has 1 atom stereocenters. The van der Waals surface area contributed by atoms with Gasteiger partial charge in [-0.1, -0.05) is 30.2 Å². The predicted molar refractivity (Wildman–Crippen MR) is 117 cm³/mol. The monoisotopic (exact) mass is 390 g/mol. The van der Waals surface area contributed by atoms with E-state index in [1.54, 1.807) is 25.2 Å². The van der Waals surface area contributed by atoms with Gasteiger partial charge in [-0.05, 0) is 18.1 Å². The molecule has 2 aromatic heterocycles. The molecule has 2 N–H and O–H groups in total. The van der Waals surface area contributed by atoms with Crippen molar-refractivity contribution >= 4 is 28.6 Å². The van der Waals surface area contributed by atoms with Crippen molar-refractivity contribution in [1.82, 2.24) is 19.4 Å². The zero-order valence-electron chi connectivity index (χ0n) is 17.4. The molecule has 0 fully saturated rings. The maximum atomic E-state index is 11.5. The molecule has 0 spiro atoms. The van der Waals surface area contributed by atoms with Crippen LogP contribution in [0, 0.1) is 19.3 Å². The number of pyridine rings is 1. The molecule has 3 aromatic rings. The molecule has 0 aliphatic heterocycles. The number of hydrogen-bond acceptors (Lipinski definition) is 5. The Morgan fingerprint density at radius 1 is 1.38 bits per heavy atom. The van der Waals surface area contributed by atoms with E-state index in [0.717, 1.165) is 27.7 Å². The van der Waals surface area contributed by atoms with Crippen LogP contribution < -0.4 is 10.6 Å². The second-order valence-corrected chi connectivity index (χ2v) is 7.10. The van der Waals surface area contributed by atoms with Crippen molar-refractivity contribution in [3.8, 4) is 12.3 Å². The number of benzene rings is 1. The van der Waals surface area contributed by atoms with Crippen molar-refractivity contribution in [2.24, 2.45) is 7.05 Å². The van der Waals surface area contributed by atoms with E-state index in [1.165, 1.54) is 0 Å². The summed E-state index contributed by atoms with van der Waals surface area (Å²) < 4.78 is 1.97. The van der Waals surface area contributed by atoms with Crippen LogP contribution in [0.15, 0.2) is 30.6 Å². The number of amides is 1. The number of hydrogen-bond donors (Lipinski definition) is 2. The number of nitrogens with zero attached hydrogens (tertiary/aromatic N) is 4. The van der Waals surface area contributed by atoms with Gasteiger partial charge in [0.05, 0.1) is 11.8 Å². The summed E-state index contributed by atoms with van der Waals surface area (Å²) in [5.74, 6) is 4.24. The fourth-order valence-corrected chi connectivity index (χ4v) is 3.34. The number of aromatic nitrogens is 3. The highest BCUT2D eigenvalue weighted by atomic mass is 16.2. The second-order valence-electron chi connectivity index (χ2n) is 7.10. The fraction of sp³-hybridized carbons (Fsp3) is 0.318. The fourth-order valence-electron chi connectivity index (χ4n) is 3.34. The van der Waals surface area contributed by atoms with Crippen molar-refractivity contribution in [3.63, 3.8) is 0 Å². The smallest absolute Gasteiger partial charge is 0.219 e. The number of nitrogens with one attached hydrogen (secondary N) is 2. The summed E-state index contributed by atoms with van der Waals surface area (Å²) in [6.45, 7) is 4.09. The van der Waals surface area contributed by atoms with Gasteiger partial charge in [-0.2, -0.15) is 0 Å². The summed E-state index contributed by atoms with van der Waals surface area (Å²) in [5.41, 5.74) is 4.76. The van der Waals surface area contributed by atoms with Gasteiger partial charge in [-0.15, -0.1) is 6.42 Å². The number of carbonyl (C=O) groups is 1. The average molecular weight is 390 g/mol. The van der Waals surface area contributed by atoms with Crippen molar-refractivity contribution < 1.29 is 4.79 Å². The Labute approximate surface area is 171 Å². The number of imidazole rings is 1. The Balaban J connectivity index is 1.95. The summed E-state index contributed by atoms with van der Waals surface area (Å²) >= 11 is 0. The van der Waals surface area contributed by atoms with E-state index in [1.807, 2.05) is 49.9 Å². The van der Waals surface area contributed by atoms with Crippen LogP contribution in [0.1, 0.15) is 29.7 Å². The largest absolute Gasteiger partial charge is 0.371 e. The van der Waals surface area contributed by atoms with Crippen LogP contribution in [0.3, 0.4) is 0 Å². The Hall–Kier alpha value is -3.53. The zero-order valence-corrected chi connectivity index (χ0v) is 17.4. The minimum absolute atomic E-state index is 0.0194. The molecule has 150 valence electrons. The lowest BCUT2D eigenvalue weighted by Gasteiger charge is -2.19. The van der Waals surface area contributed by atoms with E-state index in [-0.39, 0.29) is 11.9 Å². The van der Waals surface area contributed by atoms with E-state index in [2.05, 4.69) is 21.5 Å². The van der Waals surface area contributed by atoms with Crippen molar-refractivity contribution in [2.45, 2.75) is 26.4 Å². The van der Waals surface area contributed by atoms with Gasteiger partial charge in [-0.25, -0.2) is 9.97 Å². The van der Waals surface area contributed by atoms with Crippen LogP contribution >= 0.6 is 0 Å². The number of rotatable bonds is 6. The van der Waals surface area contributed by atoms with Gasteiger partial charge >= 0.3 is 0 Å². The lowest BCUT2D eigenvalue weighted by atomic mass is 10.0. The first-order valence-corrected chi connectivity index (χ1v) is 9.38. The molecular formula is C22H26N6O. The van der Waals surface area contributed by atoms with Crippen LogP contribution in [-0.4, -0.2) is 39.4 Å². The molecule has 7 heteroatoms. The van der Waals surface area contributed by atoms with E-state index in [9.17, 15) is 4.79 Å². The van der Waals surface area contributed by atoms with Gasteiger partial charge in [0, 0.05) is 40.2 Å². The van der Waals surface area contributed by atoms with Crippen LogP contribution in [-0.2, 0) is 18.4 Å². The summed E-state index contributed by atoms with van der Waals surface area (Å²) in [5, 5.41) is 6.50. The molecule has 0 saturated carbocycles. The van der Waals surface area contributed by atoms with Crippen molar-refractivity contribution in [3.05, 3.63) is 47.3 Å². The minimum atomic E-state index is -0.362. The molecule has 2 heterocycles. The summed E-state index contributed by atoms with van der Waals surface area (Å²) in [7, 11) is 5.56. The van der Waals surface area contributed by atoms with E-state index >= 15 is 0 Å². The first-order valence-electron chi connectivity index (χ1n) is 9.38. The normalized spacial score (nSPS) is 11.7. The Morgan fingerprint density at radius 2 is 2.14 bits per heavy atom. The first kappa shape index (κ1) is 20.2. The number of carbonyl (C=O) groups excluding carboxylic acids is 1. The standard InChI is InChI=1S/C22H26N6O/c1-7-18(17-10-8-9-16(11-17)12-27(5)15(3)29)25-21-14(2)20-19(22(23-4)26-21)24-13-28(20)6/h1,8-11,13,18H,12H2,2-6H3,(H2,23,25,26). The number of fused-ring (bicyclic) bond motifs is 1. The zero-order chi connectivity index (χ0) is 21.1. The van der Waals surface area contributed by atoms with E-state index in [0.29, 0.717) is 18.2 Å². The SMILES string of the molecule is C#CC(Nc1nc(NC)c2ncn(C)c2c1C)c1cccc(CN(C)C(C)=O)c1. The predicted octanol–water partition coefficient (Wildman–Crippen LogP) is 3.08. The van der Waals surface area contributed by atoms with Crippen molar-refractivity contribution in [1.29, 1.82) is 0 Å².